The van der Waals surface area contributed by atoms with Gasteiger partial charge < -0.3 is 15.2 Å². The maximum absolute atomic E-state index is 6.28. The number of rotatable bonds is 7. The zero-order valence-corrected chi connectivity index (χ0v) is 15.5. The van der Waals surface area contributed by atoms with Crippen LogP contribution >= 0.6 is 11.6 Å². The van der Waals surface area contributed by atoms with Crippen LogP contribution in [0.5, 0.6) is 11.5 Å². The van der Waals surface area contributed by atoms with E-state index in [1.807, 2.05) is 44.2 Å². The summed E-state index contributed by atoms with van der Waals surface area (Å²) < 4.78 is 11.2. The van der Waals surface area contributed by atoms with Crippen LogP contribution in [0.1, 0.15) is 31.3 Å². The van der Waals surface area contributed by atoms with Crippen LogP contribution in [0.4, 0.5) is 0 Å². The average Bonchev–Trinajstić information content (AvgIpc) is 3.14. The van der Waals surface area contributed by atoms with Gasteiger partial charge in [-0.15, -0.1) is 0 Å². The minimum Gasteiger partial charge on any atom is -0.490 e. The van der Waals surface area contributed by atoms with E-state index in [9.17, 15) is 0 Å². The van der Waals surface area contributed by atoms with Gasteiger partial charge in [0.1, 0.15) is 5.82 Å². The number of aromatic amines is 1. The normalized spacial score (nSPS) is 12.0. The number of hydrogen-bond acceptors (Lipinski definition) is 5. The molecule has 0 amide bonds. The van der Waals surface area contributed by atoms with Crippen molar-refractivity contribution in [3.05, 3.63) is 58.9 Å². The molecule has 26 heavy (non-hydrogen) atoms. The quantitative estimate of drug-likeness (QED) is 0.655. The molecular formula is C19H21ClN4O2. The minimum absolute atomic E-state index is 0.414. The molecule has 1 heterocycles. The van der Waals surface area contributed by atoms with Crippen LogP contribution in [0.15, 0.2) is 42.5 Å². The molecule has 3 aromatic rings. The summed E-state index contributed by atoms with van der Waals surface area (Å²) in [5.74, 6) is 2.49. The molecule has 0 aliphatic heterocycles. The summed E-state index contributed by atoms with van der Waals surface area (Å²) in [5.41, 5.74) is 8.00. The highest BCUT2D eigenvalue weighted by Crippen LogP contribution is 2.32. The Kier molecular flexibility index (Phi) is 5.75. The zero-order valence-electron chi connectivity index (χ0n) is 14.7. The third-order valence-corrected chi connectivity index (χ3v) is 4.08. The van der Waals surface area contributed by atoms with E-state index >= 15 is 0 Å². The number of aromatic nitrogens is 3. The first-order valence-electron chi connectivity index (χ1n) is 8.45. The molecule has 3 rings (SSSR count). The lowest BCUT2D eigenvalue weighted by Crippen LogP contribution is -2.13. The summed E-state index contributed by atoms with van der Waals surface area (Å²) in [6.45, 7) is 4.98. The number of ether oxygens (including phenoxy) is 2. The number of nitrogens with one attached hydrogen (secondary N) is 1. The van der Waals surface area contributed by atoms with E-state index in [2.05, 4.69) is 15.2 Å². The molecule has 0 bridgehead atoms. The second kappa shape index (κ2) is 8.21. The lowest BCUT2D eigenvalue weighted by atomic mass is 10.1. The molecule has 0 aliphatic carbocycles. The molecule has 6 nitrogen and oxygen atoms in total. The number of nitrogens with zero attached hydrogens (tertiary/aromatic N) is 2. The largest absolute Gasteiger partial charge is 0.490 e. The molecule has 0 unspecified atom stereocenters. The highest BCUT2D eigenvalue weighted by atomic mass is 35.5. The van der Waals surface area contributed by atoms with Crippen LogP contribution in [-0.4, -0.2) is 28.4 Å². The van der Waals surface area contributed by atoms with E-state index in [-0.39, 0.29) is 0 Å². The molecular weight excluding hydrogens is 352 g/mol. The molecule has 0 fully saturated rings. The van der Waals surface area contributed by atoms with Crippen LogP contribution in [0, 0.1) is 0 Å². The van der Waals surface area contributed by atoms with Gasteiger partial charge in [-0.1, -0.05) is 23.7 Å². The topological polar surface area (TPSA) is 86.0 Å². The van der Waals surface area contributed by atoms with Gasteiger partial charge in [-0.3, -0.25) is 5.10 Å². The van der Waals surface area contributed by atoms with Crippen molar-refractivity contribution >= 4 is 11.6 Å². The Balaban J connectivity index is 1.87. The first kappa shape index (κ1) is 18.2. The van der Waals surface area contributed by atoms with E-state index in [0.29, 0.717) is 41.4 Å². The summed E-state index contributed by atoms with van der Waals surface area (Å²) in [7, 11) is 0. The standard InChI is InChI=1S/C19H21ClN4O2/c1-3-25-15-10-7-13(11-16(15)26-4-2)18-22-19(24-23-18)17(21)12-5-8-14(20)9-6-12/h5-11,17H,3-4,21H2,1-2H3,(H,22,23,24)/t17-/m1/s1. The fraction of sp³-hybridized carbons (Fsp3) is 0.263. The Morgan fingerprint density at radius 2 is 1.73 bits per heavy atom. The van der Waals surface area contributed by atoms with Crippen molar-refractivity contribution in [3.63, 3.8) is 0 Å². The van der Waals surface area contributed by atoms with Gasteiger partial charge in [0.25, 0.3) is 0 Å². The second-order valence-corrected chi connectivity index (χ2v) is 6.04. The van der Waals surface area contributed by atoms with Gasteiger partial charge in [0.05, 0.1) is 19.3 Å². The lowest BCUT2D eigenvalue weighted by Gasteiger charge is -2.11. The third-order valence-electron chi connectivity index (χ3n) is 3.83. The van der Waals surface area contributed by atoms with Gasteiger partial charge in [0, 0.05) is 10.6 Å². The van der Waals surface area contributed by atoms with Gasteiger partial charge in [0.15, 0.2) is 17.3 Å². The number of hydrogen-bond donors (Lipinski definition) is 2. The van der Waals surface area contributed by atoms with Crippen molar-refractivity contribution in [1.29, 1.82) is 0 Å². The highest BCUT2D eigenvalue weighted by molar-refractivity contribution is 6.30. The summed E-state index contributed by atoms with van der Waals surface area (Å²) in [6.07, 6.45) is 0. The van der Waals surface area contributed by atoms with Gasteiger partial charge in [-0.05, 0) is 49.7 Å². The Morgan fingerprint density at radius 3 is 2.42 bits per heavy atom. The maximum Gasteiger partial charge on any atom is 0.181 e. The molecule has 0 saturated carbocycles. The van der Waals surface area contributed by atoms with Gasteiger partial charge in [0.2, 0.25) is 0 Å². The Morgan fingerprint density at radius 1 is 1.04 bits per heavy atom. The molecule has 2 aromatic carbocycles. The van der Waals surface area contributed by atoms with Crippen LogP contribution < -0.4 is 15.2 Å². The summed E-state index contributed by atoms with van der Waals surface area (Å²) in [4.78, 5) is 4.54. The van der Waals surface area contributed by atoms with Crippen LogP contribution in [0.2, 0.25) is 5.02 Å². The van der Waals surface area contributed by atoms with Crippen molar-refractivity contribution in [2.75, 3.05) is 13.2 Å². The SMILES string of the molecule is CCOc1ccc(-c2n[nH]c([C@H](N)c3ccc(Cl)cc3)n2)cc1OCC. The molecule has 0 aliphatic rings. The van der Waals surface area contributed by atoms with E-state index in [4.69, 9.17) is 26.8 Å². The van der Waals surface area contributed by atoms with Crippen molar-refractivity contribution in [2.24, 2.45) is 5.73 Å². The van der Waals surface area contributed by atoms with Gasteiger partial charge in [-0.25, -0.2) is 4.98 Å². The van der Waals surface area contributed by atoms with Crippen molar-refractivity contribution in [1.82, 2.24) is 15.2 Å². The predicted molar refractivity (Wildman–Crippen MR) is 102 cm³/mol. The maximum atomic E-state index is 6.28. The molecule has 3 N–H and O–H groups in total. The van der Waals surface area contributed by atoms with Crippen molar-refractivity contribution in [3.8, 4) is 22.9 Å². The molecule has 1 atom stereocenters. The van der Waals surface area contributed by atoms with Crippen LogP contribution in [0.3, 0.4) is 0 Å². The summed E-state index contributed by atoms with van der Waals surface area (Å²) in [5, 5.41) is 7.87. The number of H-pyrrole nitrogens is 1. The summed E-state index contributed by atoms with van der Waals surface area (Å²) in [6, 6.07) is 12.6. The number of nitrogens with two attached hydrogens (primary N) is 1. The van der Waals surface area contributed by atoms with E-state index in [1.165, 1.54) is 0 Å². The zero-order chi connectivity index (χ0) is 18.5. The first-order chi connectivity index (χ1) is 12.6. The fourth-order valence-corrected chi connectivity index (χ4v) is 2.69. The molecule has 136 valence electrons. The molecule has 0 saturated heterocycles. The highest BCUT2D eigenvalue weighted by Gasteiger charge is 2.16. The minimum atomic E-state index is -0.414. The van der Waals surface area contributed by atoms with Gasteiger partial charge in [-0.2, -0.15) is 5.10 Å². The van der Waals surface area contributed by atoms with E-state index in [1.54, 1.807) is 12.1 Å². The lowest BCUT2D eigenvalue weighted by molar-refractivity contribution is 0.288. The predicted octanol–water partition coefficient (Wildman–Crippen LogP) is 3.97. The monoisotopic (exact) mass is 372 g/mol. The average molecular weight is 373 g/mol. The Labute approximate surface area is 157 Å². The molecule has 7 heteroatoms. The van der Waals surface area contributed by atoms with E-state index < -0.39 is 6.04 Å². The third kappa shape index (κ3) is 3.98. The number of halogens is 1. The Hall–Kier alpha value is -2.57. The van der Waals surface area contributed by atoms with Crippen molar-refractivity contribution < 1.29 is 9.47 Å². The smallest absolute Gasteiger partial charge is 0.181 e. The molecule has 1 aromatic heterocycles. The second-order valence-electron chi connectivity index (χ2n) is 5.60. The van der Waals surface area contributed by atoms with Gasteiger partial charge >= 0.3 is 0 Å². The number of benzene rings is 2. The molecule has 0 radical (unpaired) electrons. The van der Waals surface area contributed by atoms with Crippen molar-refractivity contribution in [2.45, 2.75) is 19.9 Å². The molecule has 0 spiro atoms. The van der Waals surface area contributed by atoms with E-state index in [0.717, 1.165) is 11.1 Å². The summed E-state index contributed by atoms with van der Waals surface area (Å²) >= 11 is 5.92. The first-order valence-corrected chi connectivity index (χ1v) is 8.83. The Bertz CT molecular complexity index is 864. The van der Waals surface area contributed by atoms with Crippen LogP contribution in [0.25, 0.3) is 11.4 Å². The van der Waals surface area contributed by atoms with Crippen LogP contribution in [-0.2, 0) is 0 Å². The fourth-order valence-electron chi connectivity index (χ4n) is 2.56.